The lowest BCUT2D eigenvalue weighted by Crippen LogP contribution is -2.22. The average Bonchev–Trinajstić information content (AvgIpc) is 2.78. The van der Waals surface area contributed by atoms with Gasteiger partial charge >= 0.3 is 0 Å². The van der Waals surface area contributed by atoms with E-state index in [-0.39, 0.29) is 4.90 Å². The second kappa shape index (κ2) is 10.0. The molecule has 0 saturated carbocycles. The van der Waals surface area contributed by atoms with Crippen molar-refractivity contribution in [3.05, 3.63) is 82.9 Å². The van der Waals surface area contributed by atoms with E-state index in [2.05, 4.69) is 5.32 Å². The third-order valence-electron chi connectivity index (χ3n) is 4.60. The molecule has 0 aromatic heterocycles. The van der Waals surface area contributed by atoms with E-state index in [0.29, 0.717) is 34.4 Å². The minimum atomic E-state index is -3.61. The maximum Gasteiger partial charge on any atom is 0.255 e. The summed E-state index contributed by atoms with van der Waals surface area (Å²) in [6, 6.07) is 18.2. The molecule has 0 aliphatic carbocycles. The largest absolute Gasteiger partial charge is 0.493 e. The lowest BCUT2D eigenvalue weighted by Gasteiger charge is -2.14. The van der Waals surface area contributed by atoms with E-state index in [4.69, 9.17) is 21.1 Å². The molecule has 3 aromatic carbocycles. The molecular weight excluding hydrogens is 452 g/mol. The Morgan fingerprint density at radius 3 is 2.38 bits per heavy atom. The molecule has 0 heterocycles. The first-order chi connectivity index (χ1) is 15.2. The molecular formula is C23H23ClN2O5S. The molecule has 0 radical (unpaired) electrons. The Balaban J connectivity index is 1.74. The maximum atomic E-state index is 12.7. The van der Waals surface area contributed by atoms with Crippen molar-refractivity contribution in [1.82, 2.24) is 4.31 Å². The first kappa shape index (κ1) is 23.6. The third-order valence-corrected chi connectivity index (χ3v) is 6.67. The number of amides is 1. The highest BCUT2D eigenvalue weighted by atomic mass is 35.5. The van der Waals surface area contributed by atoms with Crippen LogP contribution in [0.3, 0.4) is 0 Å². The molecule has 3 aromatic rings. The van der Waals surface area contributed by atoms with Crippen LogP contribution in [0.25, 0.3) is 0 Å². The number of rotatable bonds is 8. The van der Waals surface area contributed by atoms with Gasteiger partial charge in [-0.25, -0.2) is 12.7 Å². The Bertz CT molecular complexity index is 1210. The quantitative estimate of drug-likeness (QED) is 0.522. The molecule has 0 spiro atoms. The van der Waals surface area contributed by atoms with Crippen LogP contribution in [0.5, 0.6) is 11.5 Å². The standard InChI is InChI=1S/C23H23ClN2O5S/c1-26(2)32(28,29)20-6-4-5-19(14-20)25-23(27)17-9-12-21(22(13-17)30-3)31-15-16-7-10-18(24)11-8-16/h4-14H,15H2,1-3H3,(H,25,27). The molecule has 7 nitrogen and oxygen atoms in total. The minimum absolute atomic E-state index is 0.0869. The number of hydrogen-bond acceptors (Lipinski definition) is 5. The predicted molar refractivity (Wildman–Crippen MR) is 124 cm³/mol. The number of benzene rings is 3. The van der Waals surface area contributed by atoms with E-state index >= 15 is 0 Å². The monoisotopic (exact) mass is 474 g/mol. The summed E-state index contributed by atoms with van der Waals surface area (Å²) in [7, 11) is 0.774. The molecule has 0 saturated heterocycles. The van der Waals surface area contributed by atoms with Gasteiger partial charge in [0, 0.05) is 30.4 Å². The molecule has 1 amide bonds. The summed E-state index contributed by atoms with van der Waals surface area (Å²) in [4.78, 5) is 12.8. The van der Waals surface area contributed by atoms with Gasteiger partial charge in [0.1, 0.15) is 6.61 Å². The van der Waals surface area contributed by atoms with Crippen LogP contribution in [0.15, 0.2) is 71.6 Å². The molecule has 0 bridgehead atoms. The van der Waals surface area contributed by atoms with E-state index in [9.17, 15) is 13.2 Å². The number of sulfonamides is 1. The number of hydrogen-bond donors (Lipinski definition) is 1. The smallest absolute Gasteiger partial charge is 0.255 e. The van der Waals surface area contributed by atoms with Crippen molar-refractivity contribution in [2.45, 2.75) is 11.5 Å². The molecule has 0 fully saturated rings. The number of nitrogens with one attached hydrogen (secondary N) is 1. The van der Waals surface area contributed by atoms with Gasteiger partial charge in [0.2, 0.25) is 10.0 Å². The molecule has 0 unspecified atom stereocenters. The molecule has 3 rings (SSSR count). The van der Waals surface area contributed by atoms with Crippen LogP contribution >= 0.6 is 11.6 Å². The number of halogens is 1. The normalized spacial score (nSPS) is 11.3. The zero-order valence-electron chi connectivity index (χ0n) is 17.8. The Morgan fingerprint density at radius 1 is 1.00 bits per heavy atom. The Hall–Kier alpha value is -3.07. The Morgan fingerprint density at radius 2 is 1.72 bits per heavy atom. The first-order valence-corrected chi connectivity index (χ1v) is 11.4. The van der Waals surface area contributed by atoms with Crippen molar-refractivity contribution in [1.29, 1.82) is 0 Å². The predicted octanol–water partition coefficient (Wildman–Crippen LogP) is 4.43. The van der Waals surface area contributed by atoms with Gasteiger partial charge in [-0.2, -0.15) is 0 Å². The van der Waals surface area contributed by atoms with Gasteiger partial charge < -0.3 is 14.8 Å². The fourth-order valence-electron chi connectivity index (χ4n) is 2.82. The number of methoxy groups -OCH3 is 1. The summed E-state index contributed by atoms with van der Waals surface area (Å²) in [5.41, 5.74) is 1.63. The van der Waals surface area contributed by atoms with Crippen molar-refractivity contribution < 1.29 is 22.7 Å². The van der Waals surface area contributed by atoms with Gasteiger partial charge in [-0.1, -0.05) is 29.8 Å². The van der Waals surface area contributed by atoms with Crippen LogP contribution in [0.4, 0.5) is 5.69 Å². The summed E-state index contributed by atoms with van der Waals surface area (Å²) in [5, 5.41) is 3.36. The van der Waals surface area contributed by atoms with Gasteiger partial charge in [-0.15, -0.1) is 0 Å². The molecule has 0 aliphatic rings. The van der Waals surface area contributed by atoms with Crippen LogP contribution in [0, 0.1) is 0 Å². The lowest BCUT2D eigenvalue weighted by atomic mass is 10.1. The van der Waals surface area contributed by atoms with E-state index in [1.165, 1.54) is 33.3 Å². The summed E-state index contributed by atoms with van der Waals surface area (Å²) in [5.74, 6) is 0.473. The molecule has 32 heavy (non-hydrogen) atoms. The zero-order chi connectivity index (χ0) is 23.3. The number of ether oxygens (including phenoxy) is 2. The summed E-state index contributed by atoms with van der Waals surface area (Å²) in [6.45, 7) is 0.312. The molecule has 0 atom stereocenters. The van der Waals surface area contributed by atoms with E-state index in [1.807, 2.05) is 12.1 Å². The average molecular weight is 475 g/mol. The van der Waals surface area contributed by atoms with Crippen molar-refractivity contribution in [3.8, 4) is 11.5 Å². The number of anilines is 1. The molecule has 168 valence electrons. The minimum Gasteiger partial charge on any atom is -0.493 e. The van der Waals surface area contributed by atoms with Gasteiger partial charge in [-0.3, -0.25) is 4.79 Å². The highest BCUT2D eigenvalue weighted by Crippen LogP contribution is 2.29. The molecule has 0 aliphatic heterocycles. The van der Waals surface area contributed by atoms with Crippen LogP contribution in [0.2, 0.25) is 5.02 Å². The van der Waals surface area contributed by atoms with Gasteiger partial charge in [0.15, 0.2) is 11.5 Å². The van der Waals surface area contributed by atoms with E-state index < -0.39 is 15.9 Å². The lowest BCUT2D eigenvalue weighted by molar-refractivity contribution is 0.102. The van der Waals surface area contributed by atoms with Crippen LogP contribution in [-0.4, -0.2) is 39.8 Å². The van der Waals surface area contributed by atoms with Crippen molar-refractivity contribution in [2.24, 2.45) is 0 Å². The van der Waals surface area contributed by atoms with Gasteiger partial charge in [0.25, 0.3) is 5.91 Å². The SMILES string of the molecule is COc1cc(C(=O)Nc2cccc(S(=O)(=O)N(C)C)c2)ccc1OCc1ccc(Cl)cc1. The fraction of sp³-hybridized carbons (Fsp3) is 0.174. The van der Waals surface area contributed by atoms with Crippen molar-refractivity contribution in [2.75, 3.05) is 26.5 Å². The van der Waals surface area contributed by atoms with E-state index in [0.717, 1.165) is 9.87 Å². The van der Waals surface area contributed by atoms with Crippen LogP contribution in [0.1, 0.15) is 15.9 Å². The maximum absolute atomic E-state index is 12.7. The number of carbonyl (C=O) groups excluding carboxylic acids is 1. The van der Waals surface area contributed by atoms with Crippen LogP contribution < -0.4 is 14.8 Å². The fourth-order valence-corrected chi connectivity index (χ4v) is 3.89. The first-order valence-electron chi connectivity index (χ1n) is 9.60. The highest BCUT2D eigenvalue weighted by Gasteiger charge is 2.18. The summed E-state index contributed by atoms with van der Waals surface area (Å²) < 4.78 is 36.9. The van der Waals surface area contributed by atoms with Crippen molar-refractivity contribution >= 4 is 33.2 Å². The number of carbonyl (C=O) groups is 1. The van der Waals surface area contributed by atoms with E-state index in [1.54, 1.807) is 42.5 Å². The highest BCUT2D eigenvalue weighted by molar-refractivity contribution is 7.89. The molecule has 1 N–H and O–H groups in total. The number of nitrogens with zero attached hydrogens (tertiary/aromatic N) is 1. The van der Waals surface area contributed by atoms with Crippen LogP contribution in [-0.2, 0) is 16.6 Å². The zero-order valence-corrected chi connectivity index (χ0v) is 19.4. The van der Waals surface area contributed by atoms with Gasteiger partial charge in [-0.05, 0) is 54.1 Å². The summed E-state index contributed by atoms with van der Waals surface area (Å²) in [6.07, 6.45) is 0. The van der Waals surface area contributed by atoms with Gasteiger partial charge in [0.05, 0.1) is 12.0 Å². The topological polar surface area (TPSA) is 84.9 Å². The Labute approximate surface area is 192 Å². The Kier molecular flexibility index (Phi) is 7.40. The second-order valence-corrected chi connectivity index (χ2v) is 9.64. The molecule has 9 heteroatoms. The third kappa shape index (κ3) is 5.59. The second-order valence-electron chi connectivity index (χ2n) is 7.05. The summed E-state index contributed by atoms with van der Waals surface area (Å²) >= 11 is 5.90. The van der Waals surface area contributed by atoms with Crippen molar-refractivity contribution in [3.63, 3.8) is 0 Å².